The molecular formula is C16H20N2O4. The zero-order valence-electron chi connectivity index (χ0n) is 12.1. The topological polar surface area (TPSA) is 110 Å². The highest BCUT2D eigenvalue weighted by Gasteiger charge is 2.14. The molecule has 6 N–H and O–H groups in total. The number of nitrogens with zero attached hydrogens (tertiary/aromatic N) is 1. The fraction of sp³-hybridized carbons (Fsp3) is 0.250. The lowest BCUT2D eigenvalue weighted by molar-refractivity contribution is 0.281. The van der Waals surface area contributed by atoms with Gasteiger partial charge in [0, 0.05) is 36.1 Å². The van der Waals surface area contributed by atoms with Gasteiger partial charge in [-0.25, -0.2) is 0 Å². The van der Waals surface area contributed by atoms with Crippen LogP contribution in [0.2, 0.25) is 0 Å². The van der Waals surface area contributed by atoms with Gasteiger partial charge in [-0.2, -0.15) is 0 Å². The van der Waals surface area contributed by atoms with E-state index in [4.69, 9.17) is 5.73 Å². The van der Waals surface area contributed by atoms with E-state index < -0.39 is 0 Å². The molecule has 6 heteroatoms. The zero-order valence-corrected chi connectivity index (χ0v) is 12.1. The van der Waals surface area contributed by atoms with Crippen LogP contribution in [-0.4, -0.2) is 46.7 Å². The maximum absolute atomic E-state index is 9.68. The number of phenols is 2. The maximum atomic E-state index is 9.68. The Morgan fingerprint density at radius 2 is 1.45 bits per heavy atom. The van der Waals surface area contributed by atoms with E-state index in [1.807, 2.05) is 4.90 Å². The molecule has 0 saturated heterocycles. The summed E-state index contributed by atoms with van der Waals surface area (Å²) in [6, 6.07) is 9.53. The molecule has 0 aromatic heterocycles. The van der Waals surface area contributed by atoms with Crippen LogP contribution in [0.4, 0.5) is 11.4 Å². The molecule has 2 rings (SSSR count). The lowest BCUT2D eigenvalue weighted by atomic mass is 10.0. The molecule has 0 atom stereocenters. The van der Waals surface area contributed by atoms with E-state index in [1.54, 1.807) is 18.2 Å². The standard InChI is InChI=1S/C16H20N2O4/c17-12-1-2-16(18(3-5-19)4-6-20)15(9-12)11-7-13(21)10-14(22)8-11/h1-2,7-10,19-22H,3-6,17H2. The minimum absolute atomic E-state index is 0.0563. The van der Waals surface area contributed by atoms with Gasteiger partial charge in [0.15, 0.2) is 0 Å². The van der Waals surface area contributed by atoms with Gasteiger partial charge in [0.2, 0.25) is 0 Å². The van der Waals surface area contributed by atoms with Crippen LogP contribution in [0.1, 0.15) is 0 Å². The average Bonchev–Trinajstić information content (AvgIpc) is 2.46. The van der Waals surface area contributed by atoms with Gasteiger partial charge in [-0.05, 0) is 35.9 Å². The smallest absolute Gasteiger partial charge is 0.119 e. The van der Waals surface area contributed by atoms with Crippen molar-refractivity contribution in [3.8, 4) is 22.6 Å². The summed E-state index contributed by atoms with van der Waals surface area (Å²) < 4.78 is 0. The molecule has 6 nitrogen and oxygen atoms in total. The van der Waals surface area contributed by atoms with Gasteiger partial charge in [-0.3, -0.25) is 0 Å². The monoisotopic (exact) mass is 304 g/mol. The summed E-state index contributed by atoms with van der Waals surface area (Å²) >= 11 is 0. The molecule has 2 aromatic carbocycles. The van der Waals surface area contributed by atoms with Gasteiger partial charge in [0.1, 0.15) is 11.5 Å². The molecule has 0 radical (unpaired) electrons. The second-order valence-electron chi connectivity index (χ2n) is 4.95. The number of rotatable bonds is 6. The number of nitrogens with two attached hydrogens (primary N) is 1. The molecule has 0 fully saturated rings. The summed E-state index contributed by atoms with van der Waals surface area (Å²) in [7, 11) is 0. The Bertz CT molecular complexity index is 620. The molecule has 0 aliphatic carbocycles. The first-order valence-electron chi connectivity index (χ1n) is 6.94. The Balaban J connectivity index is 2.55. The lowest BCUT2D eigenvalue weighted by Gasteiger charge is -2.26. The average molecular weight is 304 g/mol. The minimum Gasteiger partial charge on any atom is -0.508 e. The van der Waals surface area contributed by atoms with Crippen LogP contribution >= 0.6 is 0 Å². The number of aromatic hydroxyl groups is 2. The summed E-state index contributed by atoms with van der Waals surface area (Å²) in [5, 5.41) is 37.8. The van der Waals surface area contributed by atoms with Gasteiger partial charge in [0.05, 0.1) is 13.2 Å². The van der Waals surface area contributed by atoms with Crippen molar-refractivity contribution in [2.75, 3.05) is 36.9 Å². The number of aliphatic hydroxyl groups excluding tert-OH is 2. The first kappa shape index (κ1) is 15.9. The van der Waals surface area contributed by atoms with Gasteiger partial charge < -0.3 is 31.1 Å². The van der Waals surface area contributed by atoms with Crippen molar-refractivity contribution in [2.24, 2.45) is 0 Å². The Hall–Kier alpha value is -2.44. The number of benzene rings is 2. The minimum atomic E-state index is -0.0604. The molecule has 0 bridgehead atoms. The predicted octanol–water partition coefficient (Wildman–Crippen LogP) is 1.14. The highest BCUT2D eigenvalue weighted by molar-refractivity contribution is 5.82. The molecule has 118 valence electrons. The summed E-state index contributed by atoms with van der Waals surface area (Å²) in [6.07, 6.45) is 0. The molecule has 0 aliphatic rings. The van der Waals surface area contributed by atoms with Gasteiger partial charge in [-0.1, -0.05) is 0 Å². The Morgan fingerprint density at radius 3 is 2.00 bits per heavy atom. The summed E-state index contributed by atoms with van der Waals surface area (Å²) in [5.41, 5.74) is 8.44. The van der Waals surface area contributed by atoms with Crippen LogP contribution in [0.15, 0.2) is 36.4 Å². The van der Waals surface area contributed by atoms with Crippen molar-refractivity contribution in [3.63, 3.8) is 0 Å². The first-order chi connectivity index (χ1) is 10.5. The summed E-state index contributed by atoms with van der Waals surface area (Å²) in [5.74, 6) is -0.113. The SMILES string of the molecule is Nc1ccc(N(CCO)CCO)c(-c2cc(O)cc(O)c2)c1. The van der Waals surface area contributed by atoms with E-state index in [9.17, 15) is 20.4 Å². The highest BCUT2D eigenvalue weighted by Crippen LogP contribution is 2.36. The van der Waals surface area contributed by atoms with E-state index >= 15 is 0 Å². The second-order valence-corrected chi connectivity index (χ2v) is 4.95. The fourth-order valence-electron chi connectivity index (χ4n) is 2.41. The molecule has 0 unspecified atom stereocenters. The molecule has 0 heterocycles. The molecule has 0 aliphatic heterocycles. The zero-order chi connectivity index (χ0) is 16.1. The van der Waals surface area contributed by atoms with Crippen molar-refractivity contribution in [1.29, 1.82) is 0 Å². The van der Waals surface area contributed by atoms with E-state index in [0.29, 0.717) is 29.9 Å². The third kappa shape index (κ3) is 3.60. The lowest BCUT2D eigenvalue weighted by Crippen LogP contribution is -2.30. The molecule has 0 saturated carbocycles. The summed E-state index contributed by atoms with van der Waals surface area (Å²) in [6.45, 7) is 0.578. The molecule has 0 spiro atoms. The van der Waals surface area contributed by atoms with Crippen LogP contribution in [0.3, 0.4) is 0 Å². The first-order valence-corrected chi connectivity index (χ1v) is 6.94. The third-order valence-corrected chi connectivity index (χ3v) is 3.31. The van der Waals surface area contributed by atoms with Crippen LogP contribution < -0.4 is 10.6 Å². The van der Waals surface area contributed by atoms with Gasteiger partial charge in [-0.15, -0.1) is 0 Å². The Labute approximate surface area is 128 Å². The highest BCUT2D eigenvalue weighted by atomic mass is 16.3. The molecule has 22 heavy (non-hydrogen) atoms. The van der Waals surface area contributed by atoms with E-state index in [0.717, 1.165) is 5.69 Å². The molecule has 2 aromatic rings. The Morgan fingerprint density at radius 1 is 0.864 bits per heavy atom. The van der Waals surface area contributed by atoms with Crippen molar-refractivity contribution in [1.82, 2.24) is 0 Å². The molecular weight excluding hydrogens is 284 g/mol. The van der Waals surface area contributed by atoms with E-state index in [-0.39, 0.29) is 24.7 Å². The fourth-order valence-corrected chi connectivity index (χ4v) is 2.41. The van der Waals surface area contributed by atoms with Crippen molar-refractivity contribution in [2.45, 2.75) is 0 Å². The predicted molar refractivity (Wildman–Crippen MR) is 86.0 cm³/mol. The van der Waals surface area contributed by atoms with Gasteiger partial charge >= 0.3 is 0 Å². The maximum Gasteiger partial charge on any atom is 0.119 e. The quantitative estimate of drug-likeness (QED) is 0.512. The number of nitrogen functional groups attached to an aromatic ring is 1. The van der Waals surface area contributed by atoms with Gasteiger partial charge in [0.25, 0.3) is 0 Å². The van der Waals surface area contributed by atoms with E-state index in [1.165, 1.54) is 18.2 Å². The van der Waals surface area contributed by atoms with Crippen LogP contribution in [-0.2, 0) is 0 Å². The number of hydrogen-bond acceptors (Lipinski definition) is 6. The van der Waals surface area contributed by atoms with Crippen molar-refractivity contribution >= 4 is 11.4 Å². The third-order valence-electron chi connectivity index (χ3n) is 3.31. The number of hydrogen-bond donors (Lipinski definition) is 5. The van der Waals surface area contributed by atoms with Crippen LogP contribution in [0.5, 0.6) is 11.5 Å². The second kappa shape index (κ2) is 7.02. The van der Waals surface area contributed by atoms with Crippen LogP contribution in [0, 0.1) is 0 Å². The largest absolute Gasteiger partial charge is 0.508 e. The summed E-state index contributed by atoms with van der Waals surface area (Å²) in [4.78, 5) is 1.82. The van der Waals surface area contributed by atoms with Crippen molar-refractivity contribution in [3.05, 3.63) is 36.4 Å². The Kier molecular flexibility index (Phi) is 5.08. The van der Waals surface area contributed by atoms with Crippen LogP contribution in [0.25, 0.3) is 11.1 Å². The number of phenolic OH excluding ortho intramolecular Hbond substituents is 2. The van der Waals surface area contributed by atoms with E-state index in [2.05, 4.69) is 0 Å². The molecule has 0 amide bonds. The number of aliphatic hydroxyl groups is 2. The number of anilines is 2. The normalized spacial score (nSPS) is 10.6. The van der Waals surface area contributed by atoms with Crippen molar-refractivity contribution < 1.29 is 20.4 Å².